The van der Waals surface area contributed by atoms with E-state index in [0.717, 1.165) is 18.7 Å². The fourth-order valence-corrected chi connectivity index (χ4v) is 2.32. The average molecular weight is 261 g/mol. The van der Waals surface area contributed by atoms with Crippen molar-refractivity contribution in [1.29, 1.82) is 0 Å². The van der Waals surface area contributed by atoms with Gasteiger partial charge in [-0.15, -0.1) is 0 Å². The van der Waals surface area contributed by atoms with Crippen LogP contribution in [0.2, 0.25) is 0 Å². The Kier molecular flexibility index (Phi) is 4.51. The molecule has 0 aromatic heterocycles. The SMILES string of the molecule is CCNC(CC(C)(C)C)c1ccc(OC2CC2)cc1. The molecule has 106 valence electrons. The molecule has 2 heteroatoms. The van der Waals surface area contributed by atoms with Gasteiger partial charge in [0.2, 0.25) is 0 Å². The van der Waals surface area contributed by atoms with Crippen LogP contribution in [0.5, 0.6) is 5.75 Å². The van der Waals surface area contributed by atoms with Crippen LogP contribution in [0.25, 0.3) is 0 Å². The first-order valence-corrected chi connectivity index (χ1v) is 7.48. The topological polar surface area (TPSA) is 21.3 Å². The third-order valence-corrected chi connectivity index (χ3v) is 3.38. The van der Waals surface area contributed by atoms with Crippen molar-refractivity contribution in [3.63, 3.8) is 0 Å². The molecule has 0 heterocycles. The third kappa shape index (κ3) is 4.87. The number of rotatable bonds is 6. The first kappa shape index (κ1) is 14.4. The Morgan fingerprint density at radius 3 is 2.32 bits per heavy atom. The molecule has 1 aliphatic rings. The van der Waals surface area contributed by atoms with Crippen LogP contribution < -0.4 is 10.1 Å². The van der Waals surface area contributed by atoms with E-state index in [1.165, 1.54) is 18.4 Å². The van der Waals surface area contributed by atoms with Gasteiger partial charge in [0, 0.05) is 6.04 Å². The number of ether oxygens (including phenoxy) is 1. The monoisotopic (exact) mass is 261 g/mol. The highest BCUT2D eigenvalue weighted by Gasteiger charge is 2.24. The van der Waals surface area contributed by atoms with Gasteiger partial charge in [-0.2, -0.15) is 0 Å². The van der Waals surface area contributed by atoms with Gasteiger partial charge in [0.05, 0.1) is 6.10 Å². The van der Waals surface area contributed by atoms with Crippen LogP contribution in [0, 0.1) is 5.41 Å². The molecule has 1 fully saturated rings. The van der Waals surface area contributed by atoms with E-state index in [1.807, 2.05) is 0 Å². The molecule has 2 nitrogen and oxygen atoms in total. The van der Waals surface area contributed by atoms with Crippen molar-refractivity contribution in [3.05, 3.63) is 29.8 Å². The van der Waals surface area contributed by atoms with Crippen LogP contribution >= 0.6 is 0 Å². The summed E-state index contributed by atoms with van der Waals surface area (Å²) in [6.07, 6.45) is 4.05. The summed E-state index contributed by atoms with van der Waals surface area (Å²) in [4.78, 5) is 0. The summed E-state index contributed by atoms with van der Waals surface area (Å²) in [7, 11) is 0. The highest BCUT2D eigenvalue weighted by Crippen LogP contribution is 2.31. The maximum absolute atomic E-state index is 5.80. The molecule has 1 N–H and O–H groups in total. The van der Waals surface area contributed by atoms with Crippen molar-refractivity contribution in [2.24, 2.45) is 5.41 Å². The van der Waals surface area contributed by atoms with E-state index in [2.05, 4.69) is 57.3 Å². The fraction of sp³-hybridized carbons (Fsp3) is 0.647. The molecular formula is C17H27NO. The Morgan fingerprint density at radius 2 is 1.84 bits per heavy atom. The Morgan fingerprint density at radius 1 is 1.21 bits per heavy atom. The van der Waals surface area contributed by atoms with Crippen molar-refractivity contribution in [3.8, 4) is 5.75 Å². The summed E-state index contributed by atoms with van der Waals surface area (Å²) in [5.74, 6) is 1.01. The molecular weight excluding hydrogens is 234 g/mol. The van der Waals surface area contributed by atoms with Gasteiger partial charge in [0.25, 0.3) is 0 Å². The largest absolute Gasteiger partial charge is 0.490 e. The van der Waals surface area contributed by atoms with Gasteiger partial charge in [0.15, 0.2) is 0 Å². The first-order chi connectivity index (χ1) is 8.98. The van der Waals surface area contributed by atoms with Gasteiger partial charge in [-0.25, -0.2) is 0 Å². The van der Waals surface area contributed by atoms with E-state index in [-0.39, 0.29) is 0 Å². The fourth-order valence-electron chi connectivity index (χ4n) is 2.32. The quantitative estimate of drug-likeness (QED) is 0.823. The lowest BCUT2D eigenvalue weighted by Crippen LogP contribution is -2.25. The number of hydrogen-bond acceptors (Lipinski definition) is 2. The average Bonchev–Trinajstić information content (AvgIpc) is 3.12. The molecule has 0 saturated heterocycles. The van der Waals surface area contributed by atoms with Crippen LogP contribution in [0.4, 0.5) is 0 Å². The van der Waals surface area contributed by atoms with E-state index in [0.29, 0.717) is 17.6 Å². The lowest BCUT2D eigenvalue weighted by atomic mass is 9.85. The molecule has 0 radical (unpaired) electrons. The van der Waals surface area contributed by atoms with Crippen LogP contribution in [0.1, 0.15) is 58.6 Å². The predicted octanol–water partition coefficient (Wildman–Crippen LogP) is 4.31. The second kappa shape index (κ2) is 5.96. The van der Waals surface area contributed by atoms with E-state index >= 15 is 0 Å². The molecule has 1 aromatic rings. The van der Waals surface area contributed by atoms with Gasteiger partial charge in [-0.1, -0.05) is 39.8 Å². The highest BCUT2D eigenvalue weighted by molar-refractivity contribution is 5.29. The van der Waals surface area contributed by atoms with Gasteiger partial charge in [0.1, 0.15) is 5.75 Å². The molecule has 1 saturated carbocycles. The smallest absolute Gasteiger partial charge is 0.119 e. The Bertz CT molecular complexity index is 387. The van der Waals surface area contributed by atoms with E-state index < -0.39 is 0 Å². The van der Waals surface area contributed by atoms with Crippen molar-refractivity contribution < 1.29 is 4.74 Å². The number of nitrogens with one attached hydrogen (secondary N) is 1. The van der Waals surface area contributed by atoms with Gasteiger partial charge >= 0.3 is 0 Å². The van der Waals surface area contributed by atoms with E-state index in [4.69, 9.17) is 4.74 Å². The molecule has 1 aromatic carbocycles. The van der Waals surface area contributed by atoms with Crippen LogP contribution in [0.3, 0.4) is 0 Å². The molecule has 19 heavy (non-hydrogen) atoms. The Hall–Kier alpha value is -1.02. The van der Waals surface area contributed by atoms with Crippen molar-refractivity contribution in [2.45, 2.75) is 59.1 Å². The third-order valence-electron chi connectivity index (χ3n) is 3.38. The van der Waals surface area contributed by atoms with Crippen molar-refractivity contribution in [2.75, 3.05) is 6.54 Å². The van der Waals surface area contributed by atoms with Crippen LogP contribution in [-0.2, 0) is 0 Å². The summed E-state index contributed by atoms with van der Waals surface area (Å²) < 4.78 is 5.80. The second-order valence-electron chi connectivity index (χ2n) is 6.76. The molecule has 1 aliphatic carbocycles. The van der Waals surface area contributed by atoms with Gasteiger partial charge in [-0.05, 0) is 48.9 Å². The number of benzene rings is 1. The van der Waals surface area contributed by atoms with Crippen molar-refractivity contribution in [1.82, 2.24) is 5.32 Å². The predicted molar refractivity (Wildman–Crippen MR) is 80.6 cm³/mol. The summed E-state index contributed by atoms with van der Waals surface area (Å²) >= 11 is 0. The zero-order valence-electron chi connectivity index (χ0n) is 12.7. The highest BCUT2D eigenvalue weighted by atomic mass is 16.5. The molecule has 0 bridgehead atoms. The molecule has 2 rings (SSSR count). The lowest BCUT2D eigenvalue weighted by Gasteiger charge is -2.27. The number of hydrogen-bond donors (Lipinski definition) is 1. The maximum atomic E-state index is 5.80. The Balaban J connectivity index is 2.02. The summed E-state index contributed by atoms with van der Waals surface area (Å²) in [5.41, 5.74) is 1.69. The van der Waals surface area contributed by atoms with E-state index in [9.17, 15) is 0 Å². The summed E-state index contributed by atoms with van der Waals surface area (Å²) in [6, 6.07) is 9.06. The molecule has 1 atom stereocenters. The first-order valence-electron chi connectivity index (χ1n) is 7.48. The molecule has 1 unspecified atom stereocenters. The minimum Gasteiger partial charge on any atom is -0.490 e. The van der Waals surface area contributed by atoms with Crippen molar-refractivity contribution >= 4 is 0 Å². The molecule has 0 spiro atoms. The lowest BCUT2D eigenvalue weighted by molar-refractivity contribution is 0.301. The second-order valence-corrected chi connectivity index (χ2v) is 6.76. The van der Waals surface area contributed by atoms with Crippen LogP contribution in [-0.4, -0.2) is 12.6 Å². The maximum Gasteiger partial charge on any atom is 0.119 e. The molecule has 0 amide bonds. The zero-order valence-corrected chi connectivity index (χ0v) is 12.7. The molecule has 0 aliphatic heterocycles. The minimum absolute atomic E-state index is 0.329. The Labute approximate surface area is 117 Å². The van der Waals surface area contributed by atoms with Gasteiger partial charge in [-0.3, -0.25) is 0 Å². The summed E-state index contributed by atoms with van der Waals surface area (Å²) in [6.45, 7) is 10.0. The van der Waals surface area contributed by atoms with Gasteiger partial charge < -0.3 is 10.1 Å². The standard InChI is InChI=1S/C17H27NO/c1-5-18-16(12-17(2,3)4)13-6-8-14(9-7-13)19-15-10-11-15/h6-9,15-16,18H,5,10-12H2,1-4H3. The normalized spacial score (nSPS) is 17.3. The van der Waals surface area contributed by atoms with E-state index in [1.54, 1.807) is 0 Å². The summed E-state index contributed by atoms with van der Waals surface area (Å²) in [5, 5.41) is 3.59. The minimum atomic E-state index is 0.329. The van der Waals surface area contributed by atoms with Crippen LogP contribution in [0.15, 0.2) is 24.3 Å². The zero-order chi connectivity index (χ0) is 13.9.